The minimum absolute atomic E-state index is 0.900. The lowest BCUT2D eigenvalue weighted by Gasteiger charge is -2.35. The van der Waals surface area contributed by atoms with Gasteiger partial charge in [0.15, 0.2) is 8.07 Å². The van der Waals surface area contributed by atoms with E-state index in [0.29, 0.717) is 0 Å². The fraction of sp³-hybridized carbons (Fsp3) is 0. The molecule has 3 aromatic heterocycles. The van der Waals surface area contributed by atoms with Gasteiger partial charge >= 0.3 is 0 Å². The van der Waals surface area contributed by atoms with E-state index in [1.807, 2.05) is 6.07 Å². The molecule has 0 N–H and O–H groups in total. The number of fused-ring (bicyclic) bond motifs is 9. The Kier molecular flexibility index (Phi) is 7.25. The van der Waals surface area contributed by atoms with Gasteiger partial charge in [-0.1, -0.05) is 158 Å². The van der Waals surface area contributed by atoms with E-state index >= 15 is 0 Å². The lowest BCUT2D eigenvalue weighted by molar-refractivity contribution is 0.669. The van der Waals surface area contributed by atoms with Crippen LogP contribution in [0.2, 0.25) is 0 Å². The van der Waals surface area contributed by atoms with E-state index < -0.39 is 8.07 Å². The summed E-state index contributed by atoms with van der Waals surface area (Å²) in [4.78, 5) is 0. The third kappa shape index (κ3) is 4.67. The molecule has 58 heavy (non-hydrogen) atoms. The molecule has 3 nitrogen and oxygen atoms in total. The second-order valence-electron chi connectivity index (χ2n) is 15.2. The van der Waals surface area contributed by atoms with Crippen LogP contribution in [0.15, 0.2) is 223 Å². The molecule has 0 unspecified atom stereocenters. The van der Waals surface area contributed by atoms with Crippen molar-refractivity contribution < 1.29 is 4.42 Å². The lowest BCUT2D eigenvalue weighted by atomic mass is 10.1. The van der Waals surface area contributed by atoms with Gasteiger partial charge in [-0.3, -0.25) is 0 Å². The zero-order valence-electron chi connectivity index (χ0n) is 31.6. The Morgan fingerprint density at radius 1 is 0.310 bits per heavy atom. The molecule has 4 heteroatoms. The topological polar surface area (TPSA) is 23.0 Å². The van der Waals surface area contributed by atoms with Gasteiger partial charge in [0.05, 0.1) is 22.1 Å². The summed E-state index contributed by atoms with van der Waals surface area (Å²) in [5.74, 6) is 0. The van der Waals surface area contributed by atoms with Gasteiger partial charge in [-0.15, -0.1) is 0 Å². The first-order chi connectivity index (χ1) is 28.8. The number of nitrogens with zero attached hydrogens (tertiary/aromatic N) is 2. The first-order valence-corrected chi connectivity index (χ1v) is 21.9. The molecule has 0 saturated heterocycles. The molecule has 0 aliphatic heterocycles. The average Bonchev–Trinajstić information content (AvgIpc) is 3.95. The zero-order valence-corrected chi connectivity index (χ0v) is 32.6. The molecule has 12 rings (SSSR count). The standard InChI is InChI=1S/C54H36N2OSi/c1-4-17-37(18-5-1)55-48-27-14-11-25-44(48)54-49(55)28-16-30-53(54)58(39-19-6-2-7-20-39,40-21-8-3-9-22-40)41-33-31-38(32-34-41)56-47-26-13-10-23-42(47)45-35-46-43-24-12-15-29-51(43)57-52(46)36-50(45)56/h1-36H. The molecule has 272 valence electrons. The van der Waals surface area contributed by atoms with Gasteiger partial charge < -0.3 is 13.6 Å². The third-order valence-electron chi connectivity index (χ3n) is 12.3. The number of hydrogen-bond acceptors (Lipinski definition) is 1. The van der Waals surface area contributed by atoms with Crippen molar-refractivity contribution >= 4 is 94.4 Å². The van der Waals surface area contributed by atoms with E-state index in [4.69, 9.17) is 4.42 Å². The first-order valence-electron chi connectivity index (χ1n) is 19.9. The third-order valence-corrected chi connectivity index (χ3v) is 17.1. The average molecular weight is 757 g/mol. The smallest absolute Gasteiger partial charge is 0.180 e. The zero-order chi connectivity index (χ0) is 38.2. The van der Waals surface area contributed by atoms with Gasteiger partial charge in [-0.25, -0.2) is 0 Å². The molecule has 0 atom stereocenters. The van der Waals surface area contributed by atoms with Crippen LogP contribution in [0.5, 0.6) is 0 Å². The van der Waals surface area contributed by atoms with Crippen molar-refractivity contribution in [1.82, 2.24) is 9.13 Å². The molecule has 0 saturated carbocycles. The highest BCUT2D eigenvalue weighted by atomic mass is 28.3. The van der Waals surface area contributed by atoms with Crippen LogP contribution in [0.4, 0.5) is 0 Å². The molecule has 9 aromatic carbocycles. The quantitative estimate of drug-likeness (QED) is 0.122. The van der Waals surface area contributed by atoms with Gasteiger partial charge in [0, 0.05) is 49.8 Å². The molecule has 0 aliphatic carbocycles. The predicted octanol–water partition coefficient (Wildman–Crippen LogP) is 11.2. The number of hydrogen-bond donors (Lipinski definition) is 0. The molecule has 0 radical (unpaired) electrons. The minimum atomic E-state index is -2.98. The SMILES string of the molecule is c1ccc(-n2c3ccccc3c3c([Si](c4ccccc4)(c4ccccc4)c4ccc(-n5c6ccccc6c6cc7c(cc65)oc5ccccc57)cc4)cccc32)cc1. The van der Waals surface area contributed by atoms with Crippen molar-refractivity contribution in [1.29, 1.82) is 0 Å². The fourth-order valence-electron chi connectivity index (χ4n) is 9.86. The van der Waals surface area contributed by atoms with Crippen molar-refractivity contribution in [2.75, 3.05) is 0 Å². The van der Waals surface area contributed by atoms with E-state index in [0.717, 1.165) is 38.8 Å². The number of rotatable bonds is 6. The maximum atomic E-state index is 6.44. The monoisotopic (exact) mass is 756 g/mol. The Hall–Kier alpha value is -7.40. The van der Waals surface area contributed by atoms with Crippen molar-refractivity contribution in [3.05, 3.63) is 218 Å². The van der Waals surface area contributed by atoms with Crippen LogP contribution in [-0.2, 0) is 0 Å². The molecule has 0 aliphatic rings. The highest BCUT2D eigenvalue weighted by Gasteiger charge is 2.43. The predicted molar refractivity (Wildman–Crippen MR) is 246 cm³/mol. The van der Waals surface area contributed by atoms with Crippen LogP contribution in [0.3, 0.4) is 0 Å². The first kappa shape index (κ1) is 32.8. The van der Waals surface area contributed by atoms with E-state index in [9.17, 15) is 0 Å². The Morgan fingerprint density at radius 2 is 0.828 bits per heavy atom. The normalized spacial score (nSPS) is 12.1. The molecule has 12 aromatic rings. The summed E-state index contributed by atoms with van der Waals surface area (Å²) in [6, 6.07) is 80.3. The van der Waals surface area contributed by atoms with Gasteiger partial charge in [-0.05, 0) is 75.3 Å². The number of benzene rings is 9. The summed E-state index contributed by atoms with van der Waals surface area (Å²) in [6.45, 7) is 0. The summed E-state index contributed by atoms with van der Waals surface area (Å²) < 4.78 is 11.3. The maximum absolute atomic E-state index is 6.44. The van der Waals surface area contributed by atoms with Crippen LogP contribution in [0.25, 0.3) is 76.9 Å². The van der Waals surface area contributed by atoms with Crippen molar-refractivity contribution in [2.45, 2.75) is 0 Å². The fourth-order valence-corrected chi connectivity index (χ4v) is 14.8. The van der Waals surface area contributed by atoms with E-state index in [-0.39, 0.29) is 0 Å². The Balaban J connectivity index is 1.15. The molecule has 3 heterocycles. The molecule has 0 bridgehead atoms. The van der Waals surface area contributed by atoms with Gasteiger partial charge in [0.1, 0.15) is 11.2 Å². The van der Waals surface area contributed by atoms with Crippen molar-refractivity contribution in [2.24, 2.45) is 0 Å². The number of furan rings is 1. The van der Waals surface area contributed by atoms with Crippen LogP contribution in [0, 0.1) is 0 Å². The lowest BCUT2D eigenvalue weighted by Crippen LogP contribution is -2.74. The molecule has 0 amide bonds. The molecular formula is C54H36N2OSi. The van der Waals surface area contributed by atoms with E-state index in [2.05, 4.69) is 221 Å². The van der Waals surface area contributed by atoms with Crippen LogP contribution in [-0.4, -0.2) is 17.2 Å². The van der Waals surface area contributed by atoms with Gasteiger partial charge in [0.25, 0.3) is 0 Å². The Morgan fingerprint density at radius 3 is 1.53 bits per heavy atom. The summed E-state index contributed by atoms with van der Waals surface area (Å²) in [5.41, 5.74) is 8.82. The van der Waals surface area contributed by atoms with Crippen LogP contribution < -0.4 is 20.7 Å². The second-order valence-corrected chi connectivity index (χ2v) is 19.0. The maximum Gasteiger partial charge on any atom is 0.180 e. The largest absolute Gasteiger partial charge is 0.456 e. The summed E-state index contributed by atoms with van der Waals surface area (Å²) in [7, 11) is -2.98. The molecular weight excluding hydrogens is 721 g/mol. The van der Waals surface area contributed by atoms with Gasteiger partial charge in [0.2, 0.25) is 0 Å². The number of aromatic nitrogens is 2. The Labute approximate surface area is 336 Å². The van der Waals surface area contributed by atoms with Gasteiger partial charge in [-0.2, -0.15) is 0 Å². The minimum Gasteiger partial charge on any atom is -0.456 e. The number of para-hydroxylation sites is 4. The van der Waals surface area contributed by atoms with E-state index in [1.165, 1.54) is 58.8 Å². The van der Waals surface area contributed by atoms with Crippen molar-refractivity contribution in [3.8, 4) is 11.4 Å². The summed E-state index contributed by atoms with van der Waals surface area (Å²) in [5, 5.41) is 12.7. The van der Waals surface area contributed by atoms with Crippen LogP contribution >= 0.6 is 0 Å². The Bertz CT molecular complexity index is 3450. The van der Waals surface area contributed by atoms with E-state index in [1.54, 1.807) is 0 Å². The summed E-state index contributed by atoms with van der Waals surface area (Å²) >= 11 is 0. The second kappa shape index (κ2) is 12.8. The summed E-state index contributed by atoms with van der Waals surface area (Å²) in [6.07, 6.45) is 0. The highest BCUT2D eigenvalue weighted by Crippen LogP contribution is 2.38. The van der Waals surface area contributed by atoms with Crippen LogP contribution in [0.1, 0.15) is 0 Å². The molecule has 0 spiro atoms. The highest BCUT2D eigenvalue weighted by molar-refractivity contribution is 7.20. The van der Waals surface area contributed by atoms with Crippen molar-refractivity contribution in [3.63, 3.8) is 0 Å². The molecule has 0 fully saturated rings.